The quantitative estimate of drug-likeness (QED) is 0.771. The van der Waals surface area contributed by atoms with E-state index in [0.29, 0.717) is 37.1 Å². The minimum atomic E-state index is -4.36. The molecule has 0 amide bonds. The number of hydrogen-bond donors (Lipinski definition) is 1. The second kappa shape index (κ2) is 7.72. The molecule has 0 spiro atoms. The first-order valence-corrected chi connectivity index (χ1v) is 9.07. The summed E-state index contributed by atoms with van der Waals surface area (Å²) in [6, 6.07) is 9.59. The fourth-order valence-electron chi connectivity index (χ4n) is 3.23. The number of hydrogen-bond acceptors (Lipinski definition) is 3. The summed E-state index contributed by atoms with van der Waals surface area (Å²) in [5.41, 5.74) is 1.60. The summed E-state index contributed by atoms with van der Waals surface area (Å²) in [5.74, 6) is 0.683. The third-order valence-electron chi connectivity index (χ3n) is 4.45. The zero-order chi connectivity index (χ0) is 19.6. The molecule has 27 heavy (non-hydrogen) atoms. The monoisotopic (exact) mass is 394 g/mol. The molecule has 2 aromatic rings. The Morgan fingerprint density at radius 1 is 1.07 bits per heavy atom. The molecule has 4 nitrogen and oxygen atoms in total. The van der Waals surface area contributed by atoms with Crippen molar-refractivity contribution in [2.45, 2.75) is 20.0 Å². The van der Waals surface area contributed by atoms with Gasteiger partial charge in [-0.25, -0.2) is 4.98 Å². The molecule has 1 aromatic carbocycles. The van der Waals surface area contributed by atoms with Crippen molar-refractivity contribution < 1.29 is 13.2 Å². The van der Waals surface area contributed by atoms with Gasteiger partial charge in [-0.1, -0.05) is 12.1 Å². The number of pyridine rings is 1. The van der Waals surface area contributed by atoms with Crippen molar-refractivity contribution in [2.24, 2.45) is 0 Å². The molecular formula is C19H21F3N4S. The van der Waals surface area contributed by atoms with E-state index in [2.05, 4.69) is 10.3 Å². The molecule has 1 N–H and O–H groups in total. The average molecular weight is 394 g/mol. The van der Waals surface area contributed by atoms with Gasteiger partial charge in [0.2, 0.25) is 0 Å². The van der Waals surface area contributed by atoms with E-state index < -0.39 is 11.7 Å². The van der Waals surface area contributed by atoms with Crippen molar-refractivity contribution in [1.29, 1.82) is 0 Å². The SMILES string of the molecule is Cc1cc(C)nc(NC(=S)N2CCN(c3ccccc3C(F)(F)F)CC2)c1. The first-order valence-electron chi connectivity index (χ1n) is 8.66. The van der Waals surface area contributed by atoms with Gasteiger partial charge in [0.1, 0.15) is 5.82 Å². The molecule has 8 heteroatoms. The molecule has 0 aliphatic carbocycles. The van der Waals surface area contributed by atoms with Crippen molar-refractivity contribution in [1.82, 2.24) is 9.88 Å². The van der Waals surface area contributed by atoms with Gasteiger partial charge in [0, 0.05) is 37.6 Å². The molecule has 2 heterocycles. The number of halogens is 3. The van der Waals surface area contributed by atoms with E-state index in [1.807, 2.05) is 30.9 Å². The van der Waals surface area contributed by atoms with Gasteiger partial charge >= 0.3 is 6.18 Å². The summed E-state index contributed by atoms with van der Waals surface area (Å²) in [6.07, 6.45) is -4.36. The third-order valence-corrected chi connectivity index (χ3v) is 4.81. The normalized spacial score (nSPS) is 15.0. The second-order valence-corrected chi connectivity index (χ2v) is 6.98. The lowest BCUT2D eigenvalue weighted by atomic mass is 10.1. The lowest BCUT2D eigenvalue weighted by Crippen LogP contribution is -2.50. The number of piperazine rings is 1. The van der Waals surface area contributed by atoms with Crippen LogP contribution in [0.2, 0.25) is 0 Å². The number of benzene rings is 1. The van der Waals surface area contributed by atoms with Crippen LogP contribution in [0.3, 0.4) is 0 Å². The summed E-state index contributed by atoms with van der Waals surface area (Å²) >= 11 is 5.46. The highest BCUT2D eigenvalue weighted by atomic mass is 32.1. The Bertz CT molecular complexity index is 810. The highest BCUT2D eigenvalue weighted by Gasteiger charge is 2.35. The van der Waals surface area contributed by atoms with Crippen molar-refractivity contribution in [3.63, 3.8) is 0 Å². The number of nitrogens with zero attached hydrogens (tertiary/aromatic N) is 3. The van der Waals surface area contributed by atoms with E-state index in [1.54, 1.807) is 11.0 Å². The zero-order valence-corrected chi connectivity index (χ0v) is 16.0. The van der Waals surface area contributed by atoms with Crippen LogP contribution in [-0.4, -0.2) is 41.2 Å². The summed E-state index contributed by atoms with van der Waals surface area (Å²) in [7, 11) is 0. The Balaban J connectivity index is 1.65. The molecule has 0 atom stereocenters. The summed E-state index contributed by atoms with van der Waals surface area (Å²) in [4.78, 5) is 8.13. The minimum absolute atomic E-state index is 0.222. The predicted molar refractivity (Wildman–Crippen MR) is 105 cm³/mol. The third kappa shape index (κ3) is 4.68. The zero-order valence-electron chi connectivity index (χ0n) is 15.2. The van der Waals surface area contributed by atoms with Crippen LogP contribution in [0.1, 0.15) is 16.8 Å². The molecule has 1 fully saturated rings. The Morgan fingerprint density at radius 2 is 1.74 bits per heavy atom. The molecule has 0 radical (unpaired) electrons. The standard InChI is InChI=1S/C19H21F3N4S/c1-13-11-14(2)23-17(12-13)24-18(27)26-9-7-25(8-10-26)16-6-4-3-5-15(16)19(20,21)22/h3-6,11-12H,7-10H2,1-2H3,(H,23,24,27). The predicted octanol–water partition coefficient (Wildman–Crippen LogP) is 4.24. The van der Waals surface area contributed by atoms with Gasteiger partial charge in [0.05, 0.1) is 5.56 Å². The number of alkyl halides is 3. The van der Waals surface area contributed by atoms with Crippen LogP contribution < -0.4 is 10.2 Å². The number of aromatic nitrogens is 1. The molecule has 0 unspecified atom stereocenters. The number of rotatable bonds is 2. The fraction of sp³-hybridized carbons (Fsp3) is 0.368. The molecule has 1 aliphatic heterocycles. The van der Waals surface area contributed by atoms with Crippen LogP contribution >= 0.6 is 12.2 Å². The van der Waals surface area contributed by atoms with E-state index in [4.69, 9.17) is 12.2 Å². The maximum atomic E-state index is 13.2. The van der Waals surface area contributed by atoms with E-state index >= 15 is 0 Å². The molecule has 1 saturated heterocycles. The molecule has 1 aromatic heterocycles. The maximum absolute atomic E-state index is 13.2. The molecular weight excluding hydrogens is 373 g/mol. The Kier molecular flexibility index (Phi) is 5.55. The van der Waals surface area contributed by atoms with Gasteiger partial charge in [0.15, 0.2) is 5.11 Å². The van der Waals surface area contributed by atoms with Gasteiger partial charge in [-0.05, 0) is 55.9 Å². The number of nitrogens with one attached hydrogen (secondary N) is 1. The lowest BCUT2D eigenvalue weighted by Gasteiger charge is -2.38. The van der Waals surface area contributed by atoms with Crippen LogP contribution in [-0.2, 0) is 6.18 Å². The first-order chi connectivity index (χ1) is 12.7. The van der Waals surface area contributed by atoms with Crippen LogP contribution in [0.4, 0.5) is 24.7 Å². The topological polar surface area (TPSA) is 31.4 Å². The molecule has 0 saturated carbocycles. The molecule has 1 aliphatic rings. The van der Waals surface area contributed by atoms with Gasteiger partial charge in [0.25, 0.3) is 0 Å². The van der Waals surface area contributed by atoms with Gasteiger partial charge < -0.3 is 15.1 Å². The van der Waals surface area contributed by atoms with Crippen molar-refractivity contribution >= 4 is 28.8 Å². The Morgan fingerprint density at radius 3 is 2.37 bits per heavy atom. The van der Waals surface area contributed by atoms with E-state index in [0.717, 1.165) is 17.3 Å². The largest absolute Gasteiger partial charge is 0.418 e. The number of anilines is 2. The van der Waals surface area contributed by atoms with Crippen LogP contribution in [0, 0.1) is 13.8 Å². The average Bonchev–Trinajstić information content (AvgIpc) is 2.60. The fourth-order valence-corrected chi connectivity index (χ4v) is 3.52. The van der Waals surface area contributed by atoms with Crippen LogP contribution in [0.5, 0.6) is 0 Å². The highest BCUT2D eigenvalue weighted by molar-refractivity contribution is 7.80. The summed E-state index contributed by atoms with van der Waals surface area (Å²) in [6.45, 7) is 5.92. The first kappa shape index (κ1) is 19.4. The van der Waals surface area contributed by atoms with E-state index in [1.165, 1.54) is 12.1 Å². The lowest BCUT2D eigenvalue weighted by molar-refractivity contribution is -0.137. The van der Waals surface area contributed by atoms with Gasteiger partial charge in [-0.2, -0.15) is 13.2 Å². The number of aryl methyl sites for hydroxylation is 2. The van der Waals surface area contributed by atoms with Crippen molar-refractivity contribution in [3.8, 4) is 0 Å². The number of thiocarbonyl (C=S) groups is 1. The maximum Gasteiger partial charge on any atom is 0.418 e. The summed E-state index contributed by atoms with van der Waals surface area (Å²) in [5, 5.41) is 3.67. The molecule has 0 bridgehead atoms. The van der Waals surface area contributed by atoms with Crippen molar-refractivity contribution in [2.75, 3.05) is 36.4 Å². The van der Waals surface area contributed by atoms with E-state index in [-0.39, 0.29) is 5.69 Å². The second-order valence-electron chi connectivity index (χ2n) is 6.59. The van der Waals surface area contributed by atoms with Crippen LogP contribution in [0.25, 0.3) is 0 Å². The number of para-hydroxylation sites is 1. The molecule has 3 rings (SSSR count). The van der Waals surface area contributed by atoms with E-state index in [9.17, 15) is 13.2 Å². The minimum Gasteiger partial charge on any atom is -0.367 e. The Hall–Kier alpha value is -2.35. The van der Waals surface area contributed by atoms with Gasteiger partial charge in [-0.15, -0.1) is 0 Å². The Labute approximate surface area is 162 Å². The smallest absolute Gasteiger partial charge is 0.367 e. The van der Waals surface area contributed by atoms with Gasteiger partial charge in [-0.3, -0.25) is 0 Å². The summed E-state index contributed by atoms with van der Waals surface area (Å²) < 4.78 is 39.7. The van der Waals surface area contributed by atoms with Crippen LogP contribution in [0.15, 0.2) is 36.4 Å². The molecule has 144 valence electrons. The van der Waals surface area contributed by atoms with Crippen molar-refractivity contribution in [3.05, 3.63) is 53.2 Å². The highest BCUT2D eigenvalue weighted by Crippen LogP contribution is 2.36.